The maximum absolute atomic E-state index is 14.0. The predicted octanol–water partition coefficient (Wildman–Crippen LogP) is 6.59. The van der Waals surface area contributed by atoms with Crippen molar-refractivity contribution in [3.63, 3.8) is 0 Å². The molecule has 48 heavy (non-hydrogen) atoms. The molecular formula is C32H16F10N2O4. The number of fused-ring (bicyclic) bond motifs is 2. The van der Waals surface area contributed by atoms with Crippen molar-refractivity contribution in [3.8, 4) is 11.5 Å². The van der Waals surface area contributed by atoms with Gasteiger partial charge in [-0.15, -0.1) is 0 Å². The number of rotatable bonds is 8. The first-order valence-corrected chi connectivity index (χ1v) is 13.5. The number of nitrogens with zero attached hydrogens (tertiary/aromatic N) is 2. The molecule has 6 nitrogen and oxygen atoms in total. The minimum Gasteiger partial charge on any atom is -0.507 e. The summed E-state index contributed by atoms with van der Waals surface area (Å²) in [6.45, 7) is -0.838. The zero-order chi connectivity index (χ0) is 35.2. The molecule has 0 bridgehead atoms. The predicted molar refractivity (Wildman–Crippen MR) is 148 cm³/mol. The average molecular weight is 682 g/mol. The highest BCUT2D eigenvalue weighted by atomic mass is 19.2. The number of hydrogen-bond donors (Lipinski definition) is 2. The van der Waals surface area contributed by atoms with E-state index in [0.717, 1.165) is 12.1 Å². The van der Waals surface area contributed by atoms with Gasteiger partial charge in [0.2, 0.25) is 11.6 Å². The first-order chi connectivity index (χ1) is 22.7. The van der Waals surface area contributed by atoms with Crippen LogP contribution in [0.3, 0.4) is 0 Å². The summed E-state index contributed by atoms with van der Waals surface area (Å²) in [4.78, 5) is 34.6. The van der Waals surface area contributed by atoms with Gasteiger partial charge in [0.15, 0.2) is 58.1 Å². The lowest BCUT2D eigenvalue weighted by molar-refractivity contribution is 0.0972. The van der Waals surface area contributed by atoms with E-state index < -0.39 is 117 Å². The second kappa shape index (κ2) is 12.9. The van der Waals surface area contributed by atoms with E-state index in [4.69, 9.17) is 0 Å². The highest BCUT2D eigenvalue weighted by Crippen LogP contribution is 2.40. The lowest BCUT2D eigenvalue weighted by Gasteiger charge is -2.24. The summed E-state index contributed by atoms with van der Waals surface area (Å²) < 4.78 is 137. The number of hydrogen-bond acceptors (Lipinski definition) is 6. The van der Waals surface area contributed by atoms with E-state index in [1.165, 1.54) is 12.1 Å². The molecule has 0 aliphatic heterocycles. The van der Waals surface area contributed by atoms with Crippen molar-refractivity contribution in [3.05, 3.63) is 127 Å². The lowest BCUT2D eigenvalue weighted by atomic mass is 9.78. The Morgan fingerprint density at radius 1 is 0.458 bits per heavy atom. The maximum Gasteiger partial charge on any atom is 0.200 e. The highest BCUT2D eigenvalue weighted by molar-refractivity contribution is 6.31. The second-order valence-electron chi connectivity index (χ2n) is 10.2. The molecule has 0 saturated carbocycles. The minimum absolute atomic E-state index is 0.0694. The molecule has 16 heteroatoms. The number of aromatic hydroxyl groups is 2. The number of halogens is 10. The summed E-state index contributed by atoms with van der Waals surface area (Å²) in [5.74, 6) is -25.3. The van der Waals surface area contributed by atoms with Gasteiger partial charge in [0.1, 0.15) is 11.5 Å². The molecule has 0 heterocycles. The van der Waals surface area contributed by atoms with Gasteiger partial charge in [0, 0.05) is 36.6 Å². The third-order valence-corrected chi connectivity index (χ3v) is 7.40. The summed E-state index contributed by atoms with van der Waals surface area (Å²) in [5.41, 5.74) is -4.23. The topological polar surface area (TPSA) is 99.3 Å². The third-order valence-electron chi connectivity index (χ3n) is 7.40. The Morgan fingerprint density at radius 3 is 1.06 bits per heavy atom. The van der Waals surface area contributed by atoms with Crippen LogP contribution in [-0.2, 0) is 12.8 Å². The van der Waals surface area contributed by atoms with Crippen LogP contribution in [0.4, 0.5) is 43.9 Å². The van der Waals surface area contributed by atoms with E-state index in [-0.39, 0.29) is 35.1 Å². The van der Waals surface area contributed by atoms with E-state index in [9.17, 15) is 63.7 Å². The molecule has 5 rings (SSSR count). The van der Waals surface area contributed by atoms with Gasteiger partial charge in [-0.3, -0.25) is 19.6 Å². The molecule has 2 N–H and O–H groups in total. The summed E-state index contributed by atoms with van der Waals surface area (Å²) in [6.07, 6.45) is 0.263. The van der Waals surface area contributed by atoms with Gasteiger partial charge in [-0.25, -0.2) is 43.9 Å². The molecule has 0 unspecified atom stereocenters. The van der Waals surface area contributed by atoms with Crippen LogP contribution in [-0.4, -0.2) is 47.3 Å². The molecular weight excluding hydrogens is 666 g/mol. The number of aliphatic imine (C=N–C) groups is 2. The van der Waals surface area contributed by atoms with E-state index in [0.29, 0.717) is 12.4 Å². The zero-order valence-electron chi connectivity index (χ0n) is 23.7. The van der Waals surface area contributed by atoms with Gasteiger partial charge >= 0.3 is 0 Å². The number of ketones is 2. The minimum atomic E-state index is -2.37. The smallest absolute Gasteiger partial charge is 0.200 e. The molecule has 0 atom stereocenters. The largest absolute Gasteiger partial charge is 0.507 e. The molecule has 248 valence electrons. The third kappa shape index (κ3) is 5.56. The van der Waals surface area contributed by atoms with Crippen molar-refractivity contribution in [2.45, 2.75) is 12.8 Å². The van der Waals surface area contributed by atoms with E-state index in [1.54, 1.807) is 0 Å². The SMILES string of the molecule is O=C1c2c(O)ccc(O)c2C(=O)c2c(CCN=Cc3c(F)c(F)c(F)c(F)c3F)ccc(CCN=Cc3c(F)c(F)c(F)c(F)c3F)c21. The average Bonchev–Trinajstić information content (AvgIpc) is 3.07. The molecule has 4 aromatic carbocycles. The van der Waals surface area contributed by atoms with Crippen LogP contribution < -0.4 is 0 Å². The Hall–Kier alpha value is -5.54. The Labute approximate surface area is 262 Å². The standard InChI is InChI=1S/C32H16F10N2O4/c33-21-13(22(34)26(38)29(41)25(21)37)9-43-7-5-11-1-2-12(6-8-44-10-14-23(35)27(39)30(42)28(40)24(14)36)18-17(11)31(47)19-15(45)3-4-16(46)20(19)32(18)48/h1-4,9-10,45-46H,5-8H2. The van der Waals surface area contributed by atoms with Crippen LogP contribution >= 0.6 is 0 Å². The molecule has 0 saturated heterocycles. The van der Waals surface area contributed by atoms with Gasteiger partial charge < -0.3 is 10.2 Å². The highest BCUT2D eigenvalue weighted by Gasteiger charge is 2.37. The van der Waals surface area contributed by atoms with Crippen LogP contribution in [0.15, 0.2) is 34.3 Å². The molecule has 4 aromatic rings. The fourth-order valence-corrected chi connectivity index (χ4v) is 5.07. The number of phenols is 2. The first-order valence-electron chi connectivity index (χ1n) is 13.5. The Bertz CT molecular complexity index is 1910. The second-order valence-corrected chi connectivity index (χ2v) is 10.2. The monoisotopic (exact) mass is 682 g/mol. The molecule has 1 aliphatic rings. The fourth-order valence-electron chi connectivity index (χ4n) is 5.07. The summed E-state index contributed by atoms with van der Waals surface area (Å²) >= 11 is 0. The quantitative estimate of drug-likeness (QED) is 0.0635. The molecule has 0 spiro atoms. The van der Waals surface area contributed by atoms with Crippen LogP contribution in [0.25, 0.3) is 0 Å². The van der Waals surface area contributed by atoms with Crippen LogP contribution in [0.1, 0.15) is 54.1 Å². The van der Waals surface area contributed by atoms with E-state index in [2.05, 4.69) is 9.98 Å². The number of carbonyl (C=O) groups is 2. The van der Waals surface area contributed by atoms with Gasteiger partial charge in [0.25, 0.3) is 0 Å². The Morgan fingerprint density at radius 2 is 0.750 bits per heavy atom. The first kappa shape index (κ1) is 33.8. The van der Waals surface area contributed by atoms with Crippen molar-refractivity contribution >= 4 is 24.0 Å². The molecule has 0 amide bonds. The van der Waals surface area contributed by atoms with Gasteiger partial charge in [-0.1, -0.05) is 12.1 Å². The fraction of sp³-hybridized carbons (Fsp3) is 0.125. The normalized spacial score (nSPS) is 12.8. The molecule has 0 fully saturated rings. The molecule has 1 aliphatic carbocycles. The van der Waals surface area contributed by atoms with Gasteiger partial charge in [-0.05, 0) is 36.1 Å². The van der Waals surface area contributed by atoms with Crippen LogP contribution in [0, 0.1) is 58.2 Å². The zero-order valence-corrected chi connectivity index (χ0v) is 23.7. The van der Waals surface area contributed by atoms with E-state index >= 15 is 0 Å². The van der Waals surface area contributed by atoms with Crippen LogP contribution in [0.5, 0.6) is 11.5 Å². The van der Waals surface area contributed by atoms with Crippen molar-refractivity contribution in [1.29, 1.82) is 0 Å². The molecule has 0 aromatic heterocycles. The molecule has 0 radical (unpaired) electrons. The summed E-state index contributed by atoms with van der Waals surface area (Å²) in [5, 5.41) is 20.7. The maximum atomic E-state index is 14.0. The van der Waals surface area contributed by atoms with Crippen LogP contribution in [0.2, 0.25) is 0 Å². The Kier molecular flexibility index (Phi) is 9.11. The number of benzene rings is 4. The van der Waals surface area contributed by atoms with Gasteiger partial charge in [0.05, 0.1) is 22.3 Å². The van der Waals surface area contributed by atoms with Crippen molar-refractivity contribution in [2.24, 2.45) is 9.98 Å². The number of carbonyl (C=O) groups excluding carboxylic acids is 2. The van der Waals surface area contributed by atoms with Crippen molar-refractivity contribution < 1.29 is 63.7 Å². The lowest BCUT2D eigenvalue weighted by Crippen LogP contribution is -2.25. The van der Waals surface area contributed by atoms with Crippen molar-refractivity contribution in [1.82, 2.24) is 0 Å². The van der Waals surface area contributed by atoms with Crippen molar-refractivity contribution in [2.75, 3.05) is 13.1 Å². The number of phenolic OH excluding ortho intramolecular Hbond substituents is 2. The van der Waals surface area contributed by atoms with E-state index in [1.807, 2.05) is 0 Å². The summed E-state index contributed by atoms with van der Waals surface area (Å²) in [6, 6.07) is 4.53. The Balaban J connectivity index is 1.49. The summed E-state index contributed by atoms with van der Waals surface area (Å²) in [7, 11) is 0. The van der Waals surface area contributed by atoms with Gasteiger partial charge in [-0.2, -0.15) is 0 Å².